The first-order valence-electron chi connectivity index (χ1n) is 6.62. The van der Waals surface area contributed by atoms with Crippen molar-refractivity contribution in [3.05, 3.63) is 67.4 Å². The average molecular weight is 455 g/mol. The van der Waals surface area contributed by atoms with Gasteiger partial charge in [0, 0.05) is 25.4 Å². The molecule has 0 unspecified atom stereocenters. The Morgan fingerprint density at radius 3 is 2.76 bits per heavy atom. The summed E-state index contributed by atoms with van der Waals surface area (Å²) >= 11 is 5.69. The fraction of sp³-hybridized carbons (Fsp3) is 0.118. The van der Waals surface area contributed by atoms with Gasteiger partial charge in [0.2, 0.25) is 0 Å². The summed E-state index contributed by atoms with van der Waals surface area (Å²) in [5.41, 5.74) is 2.11. The molecule has 0 aliphatic rings. The third-order valence-electron chi connectivity index (χ3n) is 3.39. The Kier molecular flexibility index (Phi) is 4.17. The largest absolute Gasteiger partial charge is 0.460 e. The maximum Gasteiger partial charge on any atom is 0.198 e. The first-order chi connectivity index (χ1) is 10.1. The molecule has 0 fully saturated rings. The third-order valence-corrected chi connectivity index (χ3v) is 4.75. The van der Waals surface area contributed by atoms with Crippen molar-refractivity contribution in [2.45, 2.75) is 13.3 Å². The van der Waals surface area contributed by atoms with Gasteiger partial charge in [-0.1, -0.05) is 41.1 Å². The second-order valence-electron chi connectivity index (χ2n) is 4.70. The number of carbonyl (C=O) groups is 1. The van der Waals surface area contributed by atoms with E-state index in [0.29, 0.717) is 17.5 Å². The molecule has 0 saturated heterocycles. The lowest BCUT2D eigenvalue weighted by Crippen LogP contribution is -2.05. The first-order valence-corrected chi connectivity index (χ1v) is 8.49. The Morgan fingerprint density at radius 1 is 1.24 bits per heavy atom. The minimum atomic E-state index is 0.00203. The topological polar surface area (TPSA) is 30.2 Å². The highest BCUT2D eigenvalue weighted by Gasteiger charge is 2.22. The molecule has 1 aromatic heterocycles. The molecule has 0 N–H and O–H groups in total. The van der Waals surface area contributed by atoms with E-state index in [1.54, 1.807) is 0 Å². The van der Waals surface area contributed by atoms with Crippen LogP contribution >= 0.6 is 38.5 Å². The molecule has 21 heavy (non-hydrogen) atoms. The highest BCUT2D eigenvalue weighted by Crippen LogP contribution is 2.31. The summed E-state index contributed by atoms with van der Waals surface area (Å²) < 4.78 is 7.66. The van der Waals surface area contributed by atoms with Gasteiger partial charge < -0.3 is 4.42 Å². The summed E-state index contributed by atoms with van der Waals surface area (Å²) in [6.45, 7) is 2.00. The van der Waals surface area contributed by atoms with E-state index in [9.17, 15) is 4.79 Å². The van der Waals surface area contributed by atoms with Gasteiger partial charge in [-0.3, -0.25) is 4.79 Å². The van der Waals surface area contributed by atoms with Crippen molar-refractivity contribution < 1.29 is 9.21 Å². The number of rotatable bonds is 3. The Hall–Kier alpha value is -1.14. The molecule has 0 bridgehead atoms. The van der Waals surface area contributed by atoms with Crippen LogP contribution in [0.3, 0.4) is 0 Å². The van der Waals surface area contributed by atoms with Crippen LogP contribution in [-0.4, -0.2) is 5.78 Å². The van der Waals surface area contributed by atoms with E-state index in [2.05, 4.69) is 38.5 Å². The number of carbonyl (C=O) groups excluding carboxylic acids is 1. The quantitative estimate of drug-likeness (QED) is 0.381. The molecule has 0 radical (unpaired) electrons. The summed E-state index contributed by atoms with van der Waals surface area (Å²) in [5.74, 6) is 0.745. The smallest absolute Gasteiger partial charge is 0.198 e. The number of aryl methyl sites for hydroxylation is 1. The molecule has 0 spiro atoms. The lowest BCUT2D eigenvalue weighted by atomic mass is 9.99. The highest BCUT2D eigenvalue weighted by molar-refractivity contribution is 14.1. The van der Waals surface area contributed by atoms with Gasteiger partial charge in [-0.2, -0.15) is 0 Å². The van der Waals surface area contributed by atoms with Crippen LogP contribution in [0.2, 0.25) is 0 Å². The van der Waals surface area contributed by atoms with Crippen LogP contribution in [0.25, 0.3) is 11.0 Å². The van der Waals surface area contributed by atoms with Gasteiger partial charge in [0.25, 0.3) is 0 Å². The molecule has 0 aliphatic carbocycles. The number of furan rings is 1. The van der Waals surface area contributed by atoms with Crippen molar-refractivity contribution in [1.29, 1.82) is 0 Å². The zero-order chi connectivity index (χ0) is 15.0. The molecule has 2 aromatic carbocycles. The Morgan fingerprint density at radius 2 is 2.00 bits per heavy atom. The van der Waals surface area contributed by atoms with Gasteiger partial charge in [-0.05, 0) is 46.9 Å². The van der Waals surface area contributed by atoms with Crippen LogP contribution in [-0.2, 0) is 6.42 Å². The van der Waals surface area contributed by atoms with Crippen LogP contribution in [0.5, 0.6) is 0 Å². The van der Waals surface area contributed by atoms with Gasteiger partial charge >= 0.3 is 0 Å². The summed E-state index contributed by atoms with van der Waals surface area (Å²) in [4.78, 5) is 13.0. The summed E-state index contributed by atoms with van der Waals surface area (Å²) in [6.07, 6.45) is 0.692. The maximum absolute atomic E-state index is 13.0. The molecule has 3 rings (SSSR count). The van der Waals surface area contributed by atoms with E-state index in [1.165, 1.54) is 0 Å². The predicted octanol–water partition coefficient (Wildman–Crippen LogP) is 5.59. The Labute approximate surface area is 144 Å². The summed E-state index contributed by atoms with van der Waals surface area (Å²) in [7, 11) is 0. The SMILES string of the molecule is CCc1oc2ccccc2c1C(=O)c1cc(I)ccc1Br. The van der Waals surface area contributed by atoms with E-state index in [-0.39, 0.29) is 5.78 Å². The molecule has 0 aliphatic heterocycles. The van der Waals surface area contributed by atoms with Gasteiger partial charge in [0.15, 0.2) is 5.78 Å². The molecular formula is C17H12BrIO2. The van der Waals surface area contributed by atoms with E-state index in [0.717, 1.165) is 24.8 Å². The standard InChI is InChI=1S/C17H12BrIO2/c1-2-14-16(11-5-3-4-6-15(11)21-14)17(20)12-9-10(19)7-8-13(12)18/h3-9H,2H2,1H3. The Balaban J connectivity index is 2.24. The normalized spacial score (nSPS) is 11.0. The average Bonchev–Trinajstić information content (AvgIpc) is 2.87. The number of fused-ring (bicyclic) bond motifs is 1. The predicted molar refractivity (Wildman–Crippen MR) is 95.9 cm³/mol. The van der Waals surface area contributed by atoms with Crippen LogP contribution in [0.1, 0.15) is 28.6 Å². The van der Waals surface area contributed by atoms with E-state index in [4.69, 9.17) is 4.42 Å². The molecule has 106 valence electrons. The van der Waals surface area contributed by atoms with Gasteiger partial charge in [0.05, 0.1) is 5.56 Å². The van der Waals surface area contributed by atoms with Crippen LogP contribution in [0.4, 0.5) is 0 Å². The van der Waals surface area contributed by atoms with Crippen molar-refractivity contribution in [3.63, 3.8) is 0 Å². The number of halogens is 2. The van der Waals surface area contributed by atoms with Crippen LogP contribution < -0.4 is 0 Å². The van der Waals surface area contributed by atoms with Crippen LogP contribution in [0, 0.1) is 3.57 Å². The van der Waals surface area contributed by atoms with Crippen molar-refractivity contribution >= 4 is 55.3 Å². The zero-order valence-electron chi connectivity index (χ0n) is 11.3. The molecule has 4 heteroatoms. The molecule has 1 heterocycles. The van der Waals surface area contributed by atoms with Gasteiger partial charge in [-0.15, -0.1) is 0 Å². The Bertz CT molecular complexity index is 836. The molecule has 0 saturated carbocycles. The molecule has 0 atom stereocenters. The zero-order valence-corrected chi connectivity index (χ0v) is 15.1. The van der Waals surface area contributed by atoms with Gasteiger partial charge in [0.1, 0.15) is 11.3 Å². The van der Waals surface area contributed by atoms with Gasteiger partial charge in [-0.25, -0.2) is 0 Å². The van der Waals surface area contributed by atoms with Crippen molar-refractivity contribution in [2.24, 2.45) is 0 Å². The molecule has 0 amide bonds. The lowest BCUT2D eigenvalue weighted by Gasteiger charge is -2.05. The van der Waals surface area contributed by atoms with E-state index >= 15 is 0 Å². The second kappa shape index (κ2) is 5.93. The highest BCUT2D eigenvalue weighted by atomic mass is 127. The maximum atomic E-state index is 13.0. The second-order valence-corrected chi connectivity index (χ2v) is 6.80. The molecular weight excluding hydrogens is 443 g/mol. The monoisotopic (exact) mass is 454 g/mol. The number of hydrogen-bond acceptors (Lipinski definition) is 2. The van der Waals surface area contributed by atoms with E-state index in [1.807, 2.05) is 49.4 Å². The fourth-order valence-corrected chi connectivity index (χ4v) is 3.32. The summed E-state index contributed by atoms with van der Waals surface area (Å²) in [5, 5.41) is 0.880. The lowest BCUT2D eigenvalue weighted by molar-refractivity contribution is 0.103. The minimum Gasteiger partial charge on any atom is -0.460 e. The van der Waals surface area contributed by atoms with Crippen LogP contribution in [0.15, 0.2) is 51.4 Å². The fourth-order valence-electron chi connectivity index (χ4n) is 2.40. The molecule has 3 aromatic rings. The number of para-hydroxylation sites is 1. The third kappa shape index (κ3) is 2.66. The van der Waals surface area contributed by atoms with Crippen molar-refractivity contribution in [2.75, 3.05) is 0 Å². The minimum absolute atomic E-state index is 0.00203. The first kappa shape index (κ1) is 14.8. The molecule has 2 nitrogen and oxygen atoms in total. The van der Waals surface area contributed by atoms with Crippen molar-refractivity contribution in [3.8, 4) is 0 Å². The number of ketones is 1. The summed E-state index contributed by atoms with van der Waals surface area (Å²) in [6, 6.07) is 13.5. The van der Waals surface area contributed by atoms with Crippen molar-refractivity contribution in [1.82, 2.24) is 0 Å². The van der Waals surface area contributed by atoms with E-state index < -0.39 is 0 Å². The number of hydrogen-bond donors (Lipinski definition) is 0. The number of benzene rings is 2.